The Morgan fingerprint density at radius 3 is 1.32 bits per heavy atom. The highest BCUT2D eigenvalue weighted by Gasteiger charge is 2.37. The number of hydrogen-bond acceptors (Lipinski definition) is 1. The van der Waals surface area contributed by atoms with E-state index in [-0.39, 0.29) is 5.41 Å². The largest absolute Gasteiger partial charge is 0.310 e. The van der Waals surface area contributed by atoms with Gasteiger partial charge in [0.25, 0.3) is 0 Å². The second-order valence-corrected chi connectivity index (χ2v) is 15.4. The Kier molecular flexibility index (Phi) is 8.23. The summed E-state index contributed by atoms with van der Waals surface area (Å²) >= 11 is 0. The molecule has 0 amide bonds. The fraction of sp³-hybridized carbons (Fsp3) is 0.0545. The average Bonchev–Trinajstić information content (AvgIpc) is 3.50. The summed E-state index contributed by atoms with van der Waals surface area (Å²) in [7, 11) is 0. The number of hydrogen-bond donors (Lipinski definition) is 0. The van der Waals surface area contributed by atoms with E-state index in [4.69, 9.17) is 0 Å². The van der Waals surface area contributed by atoms with Crippen LogP contribution in [0.5, 0.6) is 0 Å². The topological polar surface area (TPSA) is 3.24 Å². The van der Waals surface area contributed by atoms with Crippen molar-refractivity contribution in [3.05, 3.63) is 223 Å². The average molecular weight is 716 g/mol. The van der Waals surface area contributed by atoms with Gasteiger partial charge in [-0.15, -0.1) is 0 Å². The third-order valence-electron chi connectivity index (χ3n) is 11.7. The van der Waals surface area contributed by atoms with Crippen molar-refractivity contribution < 1.29 is 0 Å². The van der Waals surface area contributed by atoms with Gasteiger partial charge >= 0.3 is 0 Å². The predicted molar refractivity (Wildman–Crippen MR) is 238 cm³/mol. The monoisotopic (exact) mass is 715 g/mol. The molecule has 9 aromatic rings. The lowest BCUT2D eigenvalue weighted by Crippen LogP contribution is -2.16. The number of nitrogens with zero attached hydrogens (tertiary/aromatic N) is 1. The highest BCUT2D eigenvalue weighted by molar-refractivity contribution is 5.97. The molecule has 1 nitrogen and oxygen atoms in total. The minimum absolute atomic E-state index is 0.165. The Morgan fingerprint density at radius 2 is 0.750 bits per heavy atom. The van der Waals surface area contributed by atoms with Crippen LogP contribution in [0, 0.1) is 0 Å². The van der Waals surface area contributed by atoms with E-state index in [1.165, 1.54) is 77.5 Å². The van der Waals surface area contributed by atoms with E-state index >= 15 is 0 Å². The van der Waals surface area contributed by atoms with E-state index in [0.29, 0.717) is 0 Å². The van der Waals surface area contributed by atoms with Gasteiger partial charge in [-0.3, -0.25) is 0 Å². The molecule has 56 heavy (non-hydrogen) atoms. The Hall–Kier alpha value is -6.96. The number of rotatable bonds is 7. The summed E-state index contributed by atoms with van der Waals surface area (Å²) < 4.78 is 0. The van der Waals surface area contributed by atoms with Gasteiger partial charge in [-0.2, -0.15) is 0 Å². The van der Waals surface area contributed by atoms with Crippen LogP contribution in [-0.4, -0.2) is 0 Å². The van der Waals surface area contributed by atoms with Crippen molar-refractivity contribution in [2.24, 2.45) is 0 Å². The minimum Gasteiger partial charge on any atom is -0.310 e. The van der Waals surface area contributed by atoms with Gasteiger partial charge in [-0.25, -0.2) is 0 Å². The molecule has 0 spiro atoms. The van der Waals surface area contributed by atoms with Crippen molar-refractivity contribution in [1.82, 2.24) is 0 Å². The summed E-state index contributed by atoms with van der Waals surface area (Å²) in [6, 6.07) is 77.5. The van der Waals surface area contributed by atoms with Gasteiger partial charge in [0.2, 0.25) is 0 Å². The maximum Gasteiger partial charge on any atom is 0.0465 e. The van der Waals surface area contributed by atoms with Gasteiger partial charge in [0.1, 0.15) is 0 Å². The van der Waals surface area contributed by atoms with E-state index < -0.39 is 0 Å². The van der Waals surface area contributed by atoms with Crippen molar-refractivity contribution in [3.8, 4) is 55.6 Å². The fourth-order valence-corrected chi connectivity index (χ4v) is 8.78. The summed E-state index contributed by atoms with van der Waals surface area (Å²) in [6.07, 6.45) is 0. The molecule has 9 aromatic carbocycles. The molecule has 266 valence electrons. The third-order valence-corrected chi connectivity index (χ3v) is 11.7. The summed E-state index contributed by atoms with van der Waals surface area (Å²) in [6.45, 7) is 4.75. The summed E-state index contributed by atoms with van der Waals surface area (Å²) in [5.41, 5.74) is 18.4. The molecule has 0 unspecified atom stereocenters. The lowest BCUT2D eigenvalue weighted by Gasteiger charge is -2.28. The van der Waals surface area contributed by atoms with Crippen molar-refractivity contribution in [1.29, 1.82) is 0 Å². The molecule has 0 N–H and O–H groups in total. The fourth-order valence-electron chi connectivity index (χ4n) is 8.78. The van der Waals surface area contributed by atoms with Gasteiger partial charge in [0.15, 0.2) is 0 Å². The molecule has 1 heteroatoms. The highest BCUT2D eigenvalue weighted by Crippen LogP contribution is 2.53. The molecule has 1 aliphatic carbocycles. The number of anilines is 3. The van der Waals surface area contributed by atoms with Gasteiger partial charge in [-0.05, 0) is 126 Å². The van der Waals surface area contributed by atoms with Crippen molar-refractivity contribution >= 4 is 27.8 Å². The smallest absolute Gasteiger partial charge is 0.0465 e. The zero-order valence-corrected chi connectivity index (χ0v) is 31.7. The normalized spacial score (nSPS) is 12.6. The van der Waals surface area contributed by atoms with Crippen molar-refractivity contribution in [3.63, 3.8) is 0 Å². The van der Waals surface area contributed by atoms with Crippen LogP contribution in [0.15, 0.2) is 212 Å². The van der Waals surface area contributed by atoms with E-state index in [0.717, 1.165) is 17.1 Å². The van der Waals surface area contributed by atoms with Crippen LogP contribution in [0.25, 0.3) is 66.4 Å². The van der Waals surface area contributed by atoms with Crippen molar-refractivity contribution in [2.75, 3.05) is 4.90 Å². The molecule has 0 saturated carbocycles. The molecular formula is C55H41N. The summed E-state index contributed by atoms with van der Waals surface area (Å²) in [5, 5.41) is 2.48. The molecule has 0 fully saturated rings. The lowest BCUT2D eigenvalue weighted by atomic mass is 9.81. The maximum atomic E-state index is 2.43. The summed E-state index contributed by atoms with van der Waals surface area (Å²) in [4.78, 5) is 2.41. The Balaban J connectivity index is 1.11. The van der Waals surface area contributed by atoms with E-state index in [2.05, 4.69) is 231 Å². The molecule has 1 aliphatic rings. The standard InChI is InChI=1S/C55H41N/c1-55(2)52-24-14-23-48(40-17-8-4-9-18-40)54(52)49-34-33-47(37-53(49)55)56(45-29-25-39(26-30-45)38-15-6-3-7-16-38)46-31-27-42(28-32-46)51-36-44-22-13-12-21-43(44)35-50(51)41-19-10-5-11-20-41/h3-37H,1-2H3. The van der Waals surface area contributed by atoms with Crippen LogP contribution >= 0.6 is 0 Å². The van der Waals surface area contributed by atoms with Gasteiger partial charge in [-0.1, -0.05) is 178 Å². The molecule has 0 aromatic heterocycles. The zero-order valence-electron chi connectivity index (χ0n) is 31.7. The van der Waals surface area contributed by atoms with E-state index in [1.54, 1.807) is 0 Å². The van der Waals surface area contributed by atoms with Crippen molar-refractivity contribution in [2.45, 2.75) is 19.3 Å². The zero-order chi connectivity index (χ0) is 37.6. The molecule has 0 bridgehead atoms. The second kappa shape index (κ2) is 13.7. The minimum atomic E-state index is -0.165. The first-order valence-electron chi connectivity index (χ1n) is 19.5. The number of fused-ring (bicyclic) bond motifs is 4. The Morgan fingerprint density at radius 1 is 0.304 bits per heavy atom. The first-order chi connectivity index (χ1) is 27.5. The van der Waals surface area contributed by atoms with Crippen LogP contribution in [0.1, 0.15) is 25.0 Å². The van der Waals surface area contributed by atoms with Gasteiger partial charge in [0.05, 0.1) is 0 Å². The Labute approximate surface area is 329 Å². The molecule has 0 saturated heterocycles. The summed E-state index contributed by atoms with van der Waals surface area (Å²) in [5.74, 6) is 0. The van der Waals surface area contributed by atoms with E-state index in [1.807, 2.05) is 0 Å². The Bertz CT molecular complexity index is 2840. The lowest BCUT2D eigenvalue weighted by molar-refractivity contribution is 0.660. The van der Waals surface area contributed by atoms with Crippen LogP contribution < -0.4 is 4.90 Å². The molecular weight excluding hydrogens is 675 g/mol. The maximum absolute atomic E-state index is 2.43. The van der Waals surface area contributed by atoms with Gasteiger partial charge in [0, 0.05) is 22.5 Å². The predicted octanol–water partition coefficient (Wildman–Crippen LogP) is 15.3. The molecule has 10 rings (SSSR count). The molecule has 0 heterocycles. The third kappa shape index (κ3) is 5.81. The molecule has 0 atom stereocenters. The molecule has 0 aliphatic heterocycles. The first kappa shape index (κ1) is 33.6. The van der Waals surface area contributed by atoms with Crippen LogP contribution in [0.4, 0.5) is 17.1 Å². The van der Waals surface area contributed by atoms with Crippen LogP contribution in [0.2, 0.25) is 0 Å². The van der Waals surface area contributed by atoms with Crippen LogP contribution in [-0.2, 0) is 5.41 Å². The second-order valence-electron chi connectivity index (χ2n) is 15.4. The van der Waals surface area contributed by atoms with Crippen LogP contribution in [0.3, 0.4) is 0 Å². The first-order valence-corrected chi connectivity index (χ1v) is 19.5. The molecule has 0 radical (unpaired) electrons. The SMILES string of the molecule is CC1(C)c2cc(N(c3ccc(-c4ccccc4)cc3)c3ccc(-c4cc5ccccc5cc4-c4ccccc4)cc3)ccc2-c2c(-c3ccccc3)cccc21. The van der Waals surface area contributed by atoms with Gasteiger partial charge < -0.3 is 4.90 Å². The highest BCUT2D eigenvalue weighted by atomic mass is 15.1. The van der Waals surface area contributed by atoms with E-state index in [9.17, 15) is 0 Å². The number of benzene rings is 9. The quantitative estimate of drug-likeness (QED) is 0.159.